The average Bonchev–Trinajstić information content (AvgIpc) is 3.16. The molecule has 0 radical (unpaired) electrons. The van der Waals surface area contributed by atoms with Crippen molar-refractivity contribution in [1.82, 2.24) is 9.88 Å². The van der Waals surface area contributed by atoms with Crippen molar-refractivity contribution in [3.8, 4) is 0 Å². The van der Waals surface area contributed by atoms with Crippen molar-refractivity contribution < 1.29 is 9.59 Å². The van der Waals surface area contributed by atoms with Gasteiger partial charge in [0.15, 0.2) is 0 Å². The van der Waals surface area contributed by atoms with Gasteiger partial charge in [-0.05, 0) is 31.5 Å². The maximum absolute atomic E-state index is 12.7. The quantitative estimate of drug-likeness (QED) is 0.895. The van der Waals surface area contributed by atoms with Gasteiger partial charge in [-0.2, -0.15) is 0 Å². The summed E-state index contributed by atoms with van der Waals surface area (Å²) < 4.78 is 0. The van der Waals surface area contributed by atoms with Gasteiger partial charge in [-0.15, -0.1) is 11.8 Å². The van der Waals surface area contributed by atoms with Gasteiger partial charge in [0.1, 0.15) is 6.04 Å². The second-order valence-electron chi connectivity index (χ2n) is 6.00. The van der Waals surface area contributed by atoms with E-state index in [2.05, 4.69) is 17.2 Å². The molecule has 6 heteroatoms. The summed E-state index contributed by atoms with van der Waals surface area (Å²) in [4.78, 5) is 29.5. The molecule has 0 aliphatic carbocycles. The summed E-state index contributed by atoms with van der Waals surface area (Å²) in [6, 6.07) is 7.33. The van der Waals surface area contributed by atoms with Crippen LogP contribution in [0.3, 0.4) is 0 Å². The summed E-state index contributed by atoms with van der Waals surface area (Å²) in [6.45, 7) is 2.06. The summed E-state index contributed by atoms with van der Waals surface area (Å²) in [5.41, 5.74) is 1.77. The van der Waals surface area contributed by atoms with Crippen molar-refractivity contribution >= 4 is 40.2 Å². The minimum atomic E-state index is -0.376. The summed E-state index contributed by atoms with van der Waals surface area (Å²) in [6.07, 6.45) is 3.22. The van der Waals surface area contributed by atoms with Crippen molar-refractivity contribution in [2.24, 2.45) is 0 Å². The molecule has 0 spiro atoms. The molecule has 2 fully saturated rings. The molecule has 1 aromatic heterocycles. The third-order valence-electron chi connectivity index (χ3n) is 4.60. The Labute approximate surface area is 132 Å². The van der Waals surface area contributed by atoms with Crippen molar-refractivity contribution in [3.63, 3.8) is 0 Å². The molecule has 4 rings (SSSR count). The maximum atomic E-state index is 12.7. The highest BCUT2D eigenvalue weighted by atomic mass is 32.2. The van der Waals surface area contributed by atoms with E-state index in [-0.39, 0.29) is 22.7 Å². The third-order valence-corrected chi connectivity index (χ3v) is 6.11. The Hall–Kier alpha value is -1.95. The largest absolute Gasteiger partial charge is 0.361 e. The smallest absolute Gasteiger partial charge is 0.248 e. The first-order valence-corrected chi connectivity index (χ1v) is 8.40. The van der Waals surface area contributed by atoms with Gasteiger partial charge < -0.3 is 15.2 Å². The topological polar surface area (TPSA) is 65.2 Å². The zero-order chi connectivity index (χ0) is 15.3. The number of thioether (sulfide) groups is 1. The van der Waals surface area contributed by atoms with Gasteiger partial charge >= 0.3 is 0 Å². The lowest BCUT2D eigenvalue weighted by Crippen LogP contribution is -2.48. The van der Waals surface area contributed by atoms with Crippen LogP contribution >= 0.6 is 11.8 Å². The Kier molecular flexibility index (Phi) is 2.97. The lowest BCUT2D eigenvalue weighted by Gasteiger charge is -2.29. The van der Waals surface area contributed by atoms with E-state index in [1.807, 2.05) is 30.5 Å². The van der Waals surface area contributed by atoms with Gasteiger partial charge in [-0.25, -0.2) is 0 Å². The summed E-state index contributed by atoms with van der Waals surface area (Å²) in [5, 5.41) is 3.98. The molecule has 5 nitrogen and oxygen atoms in total. The lowest BCUT2D eigenvalue weighted by atomic mass is 10.2. The Morgan fingerprint density at radius 2 is 2.32 bits per heavy atom. The lowest BCUT2D eigenvalue weighted by molar-refractivity contribution is -0.135. The fraction of sp³-hybridized carbons (Fsp3) is 0.375. The van der Waals surface area contributed by atoms with Crippen molar-refractivity contribution in [2.45, 2.75) is 30.7 Å². The van der Waals surface area contributed by atoms with E-state index >= 15 is 0 Å². The van der Waals surface area contributed by atoms with Crippen molar-refractivity contribution in [3.05, 3.63) is 30.5 Å². The number of aromatic nitrogens is 1. The first-order chi connectivity index (χ1) is 10.6. The summed E-state index contributed by atoms with van der Waals surface area (Å²) in [7, 11) is 0. The number of aromatic amines is 1. The minimum absolute atomic E-state index is 0.0903. The van der Waals surface area contributed by atoms with E-state index in [0.29, 0.717) is 12.2 Å². The predicted octanol–water partition coefficient (Wildman–Crippen LogP) is 2.56. The number of nitrogens with one attached hydrogen (secondary N) is 2. The zero-order valence-electron chi connectivity index (χ0n) is 12.3. The molecule has 2 aliphatic rings. The van der Waals surface area contributed by atoms with Crippen LogP contribution in [0, 0.1) is 0 Å². The Balaban J connectivity index is 1.60. The van der Waals surface area contributed by atoms with Crippen LogP contribution in [-0.2, 0) is 9.59 Å². The fourth-order valence-electron chi connectivity index (χ4n) is 3.43. The molecule has 2 saturated heterocycles. The predicted molar refractivity (Wildman–Crippen MR) is 87.7 cm³/mol. The van der Waals surface area contributed by atoms with Crippen molar-refractivity contribution in [1.29, 1.82) is 0 Å². The van der Waals surface area contributed by atoms with Gasteiger partial charge in [0.2, 0.25) is 11.8 Å². The number of hydrogen-bond acceptors (Lipinski definition) is 3. The number of carbonyl (C=O) groups is 2. The number of fused-ring (bicyclic) bond motifs is 2. The summed E-state index contributed by atoms with van der Waals surface area (Å²) in [5.74, 6) is 0.657. The molecule has 2 aromatic rings. The van der Waals surface area contributed by atoms with E-state index in [9.17, 15) is 9.59 Å². The normalized spacial score (nSPS) is 27.4. The highest BCUT2D eigenvalue weighted by Crippen LogP contribution is 2.47. The van der Waals surface area contributed by atoms with Crippen molar-refractivity contribution in [2.75, 3.05) is 11.1 Å². The van der Waals surface area contributed by atoms with Gasteiger partial charge in [-0.1, -0.05) is 6.07 Å². The molecule has 22 heavy (non-hydrogen) atoms. The van der Waals surface area contributed by atoms with Crippen LogP contribution in [0.25, 0.3) is 10.9 Å². The highest BCUT2D eigenvalue weighted by Gasteiger charge is 2.52. The second-order valence-corrected chi connectivity index (χ2v) is 7.50. The third kappa shape index (κ3) is 1.94. The fourth-order valence-corrected chi connectivity index (χ4v) is 4.86. The highest BCUT2D eigenvalue weighted by molar-refractivity contribution is 8.01. The van der Waals surface area contributed by atoms with Crippen LogP contribution < -0.4 is 5.32 Å². The van der Waals surface area contributed by atoms with E-state index < -0.39 is 0 Å². The number of carbonyl (C=O) groups excluding carboxylic acids is 2. The SMILES string of the molecule is C[C@@]12CCC(=O)N1[C@@H](C(=O)Nc1cccc3[nH]ccc13)CS2. The number of anilines is 1. The number of hydrogen-bond donors (Lipinski definition) is 2. The van der Waals surface area contributed by atoms with E-state index in [1.165, 1.54) is 0 Å². The molecule has 2 atom stereocenters. The number of amides is 2. The van der Waals surface area contributed by atoms with Crippen LogP contribution in [0.4, 0.5) is 5.69 Å². The molecule has 3 heterocycles. The monoisotopic (exact) mass is 315 g/mol. The maximum Gasteiger partial charge on any atom is 0.248 e. The second kappa shape index (κ2) is 4.78. The number of benzene rings is 1. The van der Waals surface area contributed by atoms with E-state index in [4.69, 9.17) is 0 Å². The molecule has 0 saturated carbocycles. The van der Waals surface area contributed by atoms with Crippen LogP contribution in [-0.4, -0.2) is 38.4 Å². The van der Waals surface area contributed by atoms with E-state index in [1.54, 1.807) is 16.7 Å². The molecule has 114 valence electrons. The van der Waals surface area contributed by atoms with Gasteiger partial charge in [0.25, 0.3) is 0 Å². The number of H-pyrrole nitrogens is 1. The molecular weight excluding hydrogens is 298 g/mol. The van der Waals surface area contributed by atoms with Gasteiger partial charge in [-0.3, -0.25) is 9.59 Å². The molecule has 0 unspecified atom stereocenters. The minimum Gasteiger partial charge on any atom is -0.361 e. The Bertz CT molecular complexity index is 772. The first kappa shape index (κ1) is 13.7. The molecule has 2 amide bonds. The molecule has 1 aromatic carbocycles. The van der Waals surface area contributed by atoms with E-state index in [0.717, 1.165) is 23.0 Å². The summed E-state index contributed by atoms with van der Waals surface area (Å²) >= 11 is 1.71. The first-order valence-electron chi connectivity index (χ1n) is 7.42. The molecule has 0 bridgehead atoms. The Morgan fingerprint density at radius 3 is 3.18 bits per heavy atom. The number of nitrogens with zero attached hydrogens (tertiary/aromatic N) is 1. The standard InChI is InChI=1S/C16H17N3O2S/c1-16-7-5-14(20)19(16)13(9-22-16)15(21)18-12-4-2-3-11-10(12)6-8-17-11/h2-4,6,8,13,17H,5,7,9H2,1H3,(H,18,21)/t13-,16-/m1/s1. The number of rotatable bonds is 2. The Morgan fingerprint density at radius 1 is 1.45 bits per heavy atom. The van der Waals surface area contributed by atoms with Crippen LogP contribution in [0.1, 0.15) is 19.8 Å². The zero-order valence-corrected chi connectivity index (χ0v) is 13.1. The van der Waals surface area contributed by atoms with Crippen LogP contribution in [0.2, 0.25) is 0 Å². The van der Waals surface area contributed by atoms with Gasteiger partial charge in [0, 0.05) is 29.3 Å². The van der Waals surface area contributed by atoms with Crippen LogP contribution in [0.15, 0.2) is 30.5 Å². The molecule has 2 N–H and O–H groups in total. The van der Waals surface area contributed by atoms with Crippen LogP contribution in [0.5, 0.6) is 0 Å². The molecular formula is C16H17N3O2S. The average molecular weight is 315 g/mol. The molecule has 2 aliphatic heterocycles. The van der Waals surface area contributed by atoms with Gasteiger partial charge in [0.05, 0.1) is 10.6 Å².